The molecule has 1 N–H and O–H groups in total. The van der Waals surface area contributed by atoms with Crippen molar-refractivity contribution in [1.29, 1.82) is 0 Å². The van der Waals surface area contributed by atoms with E-state index in [0.717, 1.165) is 53.7 Å². The van der Waals surface area contributed by atoms with Gasteiger partial charge in [0.1, 0.15) is 0 Å². The zero-order valence-electron chi connectivity index (χ0n) is 10.4. The maximum absolute atomic E-state index is 6.12. The minimum absolute atomic E-state index is 0.806. The molecular formula is C14H19BrClNO. The van der Waals surface area contributed by atoms with Gasteiger partial charge in [-0.25, -0.2) is 0 Å². The topological polar surface area (TPSA) is 21.3 Å². The molecule has 0 saturated heterocycles. The Morgan fingerprint density at radius 3 is 3.00 bits per heavy atom. The lowest BCUT2D eigenvalue weighted by molar-refractivity contribution is 0.122. The molecule has 0 radical (unpaired) electrons. The lowest BCUT2D eigenvalue weighted by atomic mass is 10.2. The van der Waals surface area contributed by atoms with Gasteiger partial charge in [0.05, 0.1) is 0 Å². The fourth-order valence-corrected chi connectivity index (χ4v) is 2.33. The summed E-state index contributed by atoms with van der Waals surface area (Å²) in [5, 5.41) is 4.20. The summed E-state index contributed by atoms with van der Waals surface area (Å²) in [7, 11) is 0. The van der Waals surface area contributed by atoms with Crippen molar-refractivity contribution in [2.75, 3.05) is 19.8 Å². The zero-order valence-corrected chi connectivity index (χ0v) is 12.8. The van der Waals surface area contributed by atoms with Gasteiger partial charge in [-0.2, -0.15) is 0 Å². The van der Waals surface area contributed by atoms with Crippen LogP contribution in [-0.2, 0) is 11.3 Å². The molecule has 2 nitrogen and oxygen atoms in total. The minimum Gasteiger partial charge on any atom is -0.381 e. The summed E-state index contributed by atoms with van der Waals surface area (Å²) in [6, 6.07) is 5.93. The minimum atomic E-state index is 0.806. The highest BCUT2D eigenvalue weighted by molar-refractivity contribution is 9.10. The fraction of sp³-hybridized carbons (Fsp3) is 0.571. The van der Waals surface area contributed by atoms with Crippen LogP contribution in [0.15, 0.2) is 22.7 Å². The second-order valence-electron chi connectivity index (χ2n) is 4.78. The summed E-state index contributed by atoms with van der Waals surface area (Å²) in [5.41, 5.74) is 1.13. The number of halogens is 2. The van der Waals surface area contributed by atoms with E-state index in [4.69, 9.17) is 16.3 Å². The van der Waals surface area contributed by atoms with E-state index in [2.05, 4.69) is 27.3 Å². The number of benzene rings is 1. The highest BCUT2D eigenvalue weighted by atomic mass is 79.9. The lowest BCUT2D eigenvalue weighted by Gasteiger charge is -2.07. The fourth-order valence-electron chi connectivity index (χ4n) is 1.74. The predicted molar refractivity (Wildman–Crippen MR) is 79.0 cm³/mol. The second-order valence-corrected chi connectivity index (χ2v) is 6.11. The maximum atomic E-state index is 6.12. The molecule has 0 aliphatic heterocycles. The smallest absolute Gasteiger partial charge is 0.0494 e. The van der Waals surface area contributed by atoms with E-state index < -0.39 is 0 Å². The normalized spacial score (nSPS) is 15.0. The van der Waals surface area contributed by atoms with Gasteiger partial charge in [0, 0.05) is 29.3 Å². The molecule has 1 saturated carbocycles. The van der Waals surface area contributed by atoms with Gasteiger partial charge in [-0.05, 0) is 55.5 Å². The SMILES string of the molecule is Clc1ccc(Br)cc1CNCCCOCC1CC1. The van der Waals surface area contributed by atoms with Crippen LogP contribution in [0.3, 0.4) is 0 Å². The Hall–Kier alpha value is -0.0900. The van der Waals surface area contributed by atoms with E-state index in [9.17, 15) is 0 Å². The van der Waals surface area contributed by atoms with Gasteiger partial charge in [-0.3, -0.25) is 0 Å². The van der Waals surface area contributed by atoms with Crippen molar-refractivity contribution in [3.05, 3.63) is 33.3 Å². The van der Waals surface area contributed by atoms with Crippen LogP contribution in [-0.4, -0.2) is 19.8 Å². The molecule has 0 aromatic heterocycles. The van der Waals surface area contributed by atoms with E-state index in [1.165, 1.54) is 12.8 Å². The van der Waals surface area contributed by atoms with E-state index >= 15 is 0 Å². The van der Waals surface area contributed by atoms with Gasteiger partial charge >= 0.3 is 0 Å². The van der Waals surface area contributed by atoms with Gasteiger partial charge in [-0.15, -0.1) is 0 Å². The van der Waals surface area contributed by atoms with Gasteiger partial charge in [-0.1, -0.05) is 27.5 Å². The first-order chi connectivity index (χ1) is 8.75. The number of ether oxygens (including phenoxy) is 1. The van der Waals surface area contributed by atoms with Crippen LogP contribution in [0.2, 0.25) is 5.02 Å². The number of rotatable bonds is 8. The highest BCUT2D eigenvalue weighted by Crippen LogP contribution is 2.28. The molecule has 0 bridgehead atoms. The molecule has 2 rings (SSSR count). The van der Waals surface area contributed by atoms with Crippen LogP contribution in [0.1, 0.15) is 24.8 Å². The Kier molecular flexibility index (Phi) is 5.96. The monoisotopic (exact) mass is 331 g/mol. The molecule has 0 heterocycles. The molecule has 1 aromatic rings. The first kappa shape index (κ1) is 14.3. The molecule has 1 aliphatic rings. The van der Waals surface area contributed by atoms with Crippen LogP contribution in [0.5, 0.6) is 0 Å². The Morgan fingerprint density at radius 2 is 2.22 bits per heavy atom. The van der Waals surface area contributed by atoms with Crippen molar-refractivity contribution >= 4 is 27.5 Å². The molecule has 4 heteroatoms. The van der Waals surface area contributed by atoms with Crippen LogP contribution in [0.25, 0.3) is 0 Å². The van der Waals surface area contributed by atoms with Gasteiger partial charge in [0.2, 0.25) is 0 Å². The van der Waals surface area contributed by atoms with Gasteiger partial charge < -0.3 is 10.1 Å². The molecule has 18 heavy (non-hydrogen) atoms. The third kappa shape index (κ3) is 5.27. The van der Waals surface area contributed by atoms with Crippen molar-refractivity contribution in [3.63, 3.8) is 0 Å². The first-order valence-electron chi connectivity index (χ1n) is 6.48. The van der Waals surface area contributed by atoms with Crippen LogP contribution < -0.4 is 5.32 Å². The Bertz CT molecular complexity index is 382. The molecule has 1 fully saturated rings. The third-order valence-corrected chi connectivity index (χ3v) is 3.88. The summed E-state index contributed by atoms with van der Waals surface area (Å²) in [6.45, 7) is 3.58. The summed E-state index contributed by atoms with van der Waals surface area (Å²) >= 11 is 9.57. The molecule has 0 spiro atoms. The molecule has 0 atom stereocenters. The average molecular weight is 333 g/mol. The van der Waals surface area contributed by atoms with E-state index in [1.54, 1.807) is 0 Å². The standard InChI is InChI=1S/C14H19BrClNO/c15-13-4-5-14(16)12(8-13)9-17-6-1-7-18-10-11-2-3-11/h4-5,8,11,17H,1-3,6-7,9-10H2. The second kappa shape index (κ2) is 7.49. The van der Waals surface area contributed by atoms with E-state index in [-0.39, 0.29) is 0 Å². The van der Waals surface area contributed by atoms with E-state index in [0.29, 0.717) is 0 Å². The van der Waals surface area contributed by atoms with Gasteiger partial charge in [0.25, 0.3) is 0 Å². The molecular weight excluding hydrogens is 314 g/mol. The maximum Gasteiger partial charge on any atom is 0.0494 e. The zero-order chi connectivity index (χ0) is 12.8. The Balaban J connectivity index is 1.55. The molecule has 1 aromatic carbocycles. The Morgan fingerprint density at radius 1 is 1.39 bits per heavy atom. The third-order valence-electron chi connectivity index (χ3n) is 3.02. The Labute approximate surface area is 122 Å². The first-order valence-corrected chi connectivity index (χ1v) is 7.65. The average Bonchev–Trinajstić information content (AvgIpc) is 3.16. The van der Waals surface area contributed by atoms with E-state index in [1.807, 2.05) is 12.1 Å². The van der Waals surface area contributed by atoms with Crippen molar-refractivity contribution in [2.45, 2.75) is 25.8 Å². The molecule has 0 amide bonds. The molecule has 100 valence electrons. The highest BCUT2D eigenvalue weighted by Gasteiger charge is 2.20. The number of hydrogen-bond acceptors (Lipinski definition) is 2. The van der Waals surface area contributed by atoms with Gasteiger partial charge in [0.15, 0.2) is 0 Å². The molecule has 1 aliphatic carbocycles. The molecule has 0 unspecified atom stereocenters. The van der Waals surface area contributed by atoms with Crippen molar-refractivity contribution in [2.24, 2.45) is 5.92 Å². The summed E-state index contributed by atoms with van der Waals surface area (Å²) < 4.78 is 6.65. The van der Waals surface area contributed by atoms with Crippen LogP contribution in [0.4, 0.5) is 0 Å². The quantitative estimate of drug-likeness (QED) is 0.726. The lowest BCUT2D eigenvalue weighted by Crippen LogP contribution is -2.16. The summed E-state index contributed by atoms with van der Waals surface area (Å²) in [5.74, 6) is 0.860. The van der Waals surface area contributed by atoms with Crippen LogP contribution in [0, 0.1) is 5.92 Å². The largest absolute Gasteiger partial charge is 0.381 e. The van der Waals surface area contributed by atoms with Crippen LogP contribution >= 0.6 is 27.5 Å². The number of hydrogen-bond donors (Lipinski definition) is 1. The van der Waals surface area contributed by atoms with Crippen molar-refractivity contribution in [1.82, 2.24) is 5.32 Å². The van der Waals surface area contributed by atoms with Crippen molar-refractivity contribution in [3.8, 4) is 0 Å². The summed E-state index contributed by atoms with van der Waals surface area (Å²) in [6.07, 6.45) is 3.78. The number of nitrogens with one attached hydrogen (secondary N) is 1. The summed E-state index contributed by atoms with van der Waals surface area (Å²) in [4.78, 5) is 0. The predicted octanol–water partition coefficient (Wildman–Crippen LogP) is 4.01. The van der Waals surface area contributed by atoms with Crippen molar-refractivity contribution < 1.29 is 4.74 Å².